The fraction of sp³-hybridized carbons (Fsp3) is 0.400. The minimum absolute atomic E-state index is 0. The fourth-order valence-electron chi connectivity index (χ4n) is 0.285. The highest BCUT2D eigenvalue weighted by Crippen LogP contribution is 1.86. The first-order chi connectivity index (χ1) is 3.66. The van der Waals surface area contributed by atoms with E-state index in [9.17, 15) is 4.79 Å². The Balaban J connectivity index is 0. The van der Waals surface area contributed by atoms with Gasteiger partial charge < -0.3 is 10.8 Å². The summed E-state index contributed by atoms with van der Waals surface area (Å²) in [5.41, 5.74) is 5.18. The molecule has 0 amide bonds. The first-order valence-electron chi connectivity index (χ1n) is 2.26. The van der Waals surface area contributed by atoms with Crippen molar-refractivity contribution in [3.05, 3.63) is 12.7 Å². The van der Waals surface area contributed by atoms with Gasteiger partial charge in [-0.25, -0.2) is 0 Å². The quantitative estimate of drug-likeness (QED) is 0.574. The summed E-state index contributed by atoms with van der Waals surface area (Å²) < 4.78 is 0. The third kappa shape index (κ3) is 7.46. The molecule has 0 aliphatic heterocycles. The SMILES string of the molecule is C=CC(N)CC(=O)O.Cl. The number of aliphatic carboxylic acids is 1. The van der Waals surface area contributed by atoms with Crippen molar-refractivity contribution in [2.45, 2.75) is 12.5 Å². The zero-order valence-corrected chi connectivity index (χ0v) is 5.73. The van der Waals surface area contributed by atoms with E-state index >= 15 is 0 Å². The topological polar surface area (TPSA) is 63.3 Å². The summed E-state index contributed by atoms with van der Waals surface area (Å²) in [5.74, 6) is -0.891. The van der Waals surface area contributed by atoms with Gasteiger partial charge in [0.1, 0.15) is 0 Å². The Morgan fingerprint density at radius 3 is 2.44 bits per heavy atom. The molecule has 0 fully saturated rings. The second kappa shape index (κ2) is 5.59. The molecule has 0 saturated heterocycles. The predicted molar refractivity (Wildman–Crippen MR) is 37.7 cm³/mol. The standard InChI is InChI=1S/C5H9NO2.ClH/c1-2-4(6)3-5(7)8;/h2,4H,1,3,6H2,(H,7,8);1H. The number of rotatable bonds is 3. The van der Waals surface area contributed by atoms with Gasteiger partial charge in [0, 0.05) is 6.04 Å². The lowest BCUT2D eigenvalue weighted by Gasteiger charge is -1.97. The molecule has 0 spiro atoms. The van der Waals surface area contributed by atoms with Gasteiger partial charge in [0.05, 0.1) is 6.42 Å². The summed E-state index contributed by atoms with van der Waals surface area (Å²) in [6.45, 7) is 3.33. The lowest BCUT2D eigenvalue weighted by Crippen LogP contribution is -2.20. The Morgan fingerprint density at radius 1 is 1.89 bits per heavy atom. The van der Waals surface area contributed by atoms with Crippen LogP contribution in [0.2, 0.25) is 0 Å². The molecule has 0 heterocycles. The van der Waals surface area contributed by atoms with Gasteiger partial charge in [0.25, 0.3) is 0 Å². The van der Waals surface area contributed by atoms with Crippen molar-refractivity contribution in [1.29, 1.82) is 0 Å². The maximum Gasteiger partial charge on any atom is 0.305 e. The van der Waals surface area contributed by atoms with Crippen LogP contribution < -0.4 is 5.73 Å². The van der Waals surface area contributed by atoms with Crippen molar-refractivity contribution in [3.63, 3.8) is 0 Å². The van der Waals surface area contributed by atoms with Crippen LogP contribution in [0, 0.1) is 0 Å². The molecule has 0 rings (SSSR count). The van der Waals surface area contributed by atoms with Crippen LogP contribution in [-0.4, -0.2) is 17.1 Å². The summed E-state index contributed by atoms with van der Waals surface area (Å²) in [5, 5.41) is 8.09. The molecule has 0 aliphatic carbocycles. The molecule has 0 radical (unpaired) electrons. The first kappa shape index (κ1) is 11.3. The molecule has 9 heavy (non-hydrogen) atoms. The summed E-state index contributed by atoms with van der Waals surface area (Å²) >= 11 is 0. The molecule has 3 N–H and O–H groups in total. The van der Waals surface area contributed by atoms with E-state index in [0.717, 1.165) is 0 Å². The van der Waals surface area contributed by atoms with Crippen molar-refractivity contribution in [2.24, 2.45) is 5.73 Å². The fourth-order valence-corrected chi connectivity index (χ4v) is 0.285. The largest absolute Gasteiger partial charge is 0.481 e. The average molecular weight is 152 g/mol. The second-order valence-electron chi connectivity index (χ2n) is 1.50. The Bertz CT molecular complexity index is 105. The van der Waals surface area contributed by atoms with Gasteiger partial charge in [-0.05, 0) is 0 Å². The Hall–Kier alpha value is -0.540. The second-order valence-corrected chi connectivity index (χ2v) is 1.50. The summed E-state index contributed by atoms with van der Waals surface area (Å²) in [6, 6.07) is -0.410. The molecular weight excluding hydrogens is 142 g/mol. The van der Waals surface area contributed by atoms with Crippen molar-refractivity contribution in [2.75, 3.05) is 0 Å². The van der Waals surface area contributed by atoms with E-state index in [-0.39, 0.29) is 18.8 Å². The molecule has 54 valence electrons. The molecule has 0 aromatic heterocycles. The van der Waals surface area contributed by atoms with Crippen LogP contribution in [0.3, 0.4) is 0 Å². The number of halogens is 1. The zero-order valence-electron chi connectivity index (χ0n) is 4.91. The van der Waals surface area contributed by atoms with Gasteiger partial charge in [-0.2, -0.15) is 0 Å². The third-order valence-corrected chi connectivity index (χ3v) is 0.713. The molecule has 4 heteroatoms. The maximum atomic E-state index is 9.84. The molecule has 0 aromatic rings. The van der Waals surface area contributed by atoms with Crippen LogP contribution in [0.15, 0.2) is 12.7 Å². The number of hydrogen-bond donors (Lipinski definition) is 2. The number of nitrogens with two attached hydrogens (primary N) is 1. The monoisotopic (exact) mass is 151 g/mol. The lowest BCUT2D eigenvalue weighted by molar-refractivity contribution is -0.137. The highest BCUT2D eigenvalue weighted by Gasteiger charge is 2.00. The lowest BCUT2D eigenvalue weighted by atomic mass is 10.2. The van der Waals surface area contributed by atoms with E-state index in [1.54, 1.807) is 0 Å². The van der Waals surface area contributed by atoms with Crippen molar-refractivity contribution < 1.29 is 9.90 Å². The van der Waals surface area contributed by atoms with Gasteiger partial charge in [-0.1, -0.05) is 6.08 Å². The third-order valence-electron chi connectivity index (χ3n) is 0.713. The molecule has 0 aliphatic rings. The summed E-state index contributed by atoms with van der Waals surface area (Å²) in [7, 11) is 0. The molecule has 0 bridgehead atoms. The number of carboxylic acid groups (broad SMARTS) is 1. The van der Waals surface area contributed by atoms with Gasteiger partial charge >= 0.3 is 5.97 Å². The number of carboxylic acids is 1. The molecule has 0 aromatic carbocycles. The summed E-state index contributed by atoms with van der Waals surface area (Å²) in [6.07, 6.45) is 1.37. The smallest absolute Gasteiger partial charge is 0.305 e. The Labute approximate surface area is 60.0 Å². The molecular formula is C5H10ClNO2. The highest BCUT2D eigenvalue weighted by atomic mass is 35.5. The highest BCUT2D eigenvalue weighted by molar-refractivity contribution is 5.85. The minimum Gasteiger partial charge on any atom is -0.481 e. The average Bonchev–Trinajstić information content (AvgIpc) is 1.65. The van der Waals surface area contributed by atoms with Crippen LogP contribution in [0.25, 0.3) is 0 Å². The van der Waals surface area contributed by atoms with E-state index in [1.165, 1.54) is 6.08 Å². The van der Waals surface area contributed by atoms with Crippen LogP contribution >= 0.6 is 12.4 Å². The van der Waals surface area contributed by atoms with Crippen LogP contribution in [0.1, 0.15) is 6.42 Å². The summed E-state index contributed by atoms with van der Waals surface area (Å²) in [4.78, 5) is 9.84. The van der Waals surface area contributed by atoms with E-state index < -0.39 is 12.0 Å². The minimum atomic E-state index is -0.891. The van der Waals surface area contributed by atoms with Crippen LogP contribution in [0.4, 0.5) is 0 Å². The molecule has 1 unspecified atom stereocenters. The van der Waals surface area contributed by atoms with Crippen molar-refractivity contribution >= 4 is 18.4 Å². The zero-order chi connectivity index (χ0) is 6.57. The molecule has 0 saturated carbocycles. The van der Waals surface area contributed by atoms with Gasteiger partial charge in [0.15, 0.2) is 0 Å². The normalized spacial score (nSPS) is 11.2. The van der Waals surface area contributed by atoms with E-state index in [2.05, 4.69) is 6.58 Å². The molecule has 3 nitrogen and oxygen atoms in total. The first-order valence-corrected chi connectivity index (χ1v) is 2.26. The Morgan fingerprint density at radius 2 is 2.33 bits per heavy atom. The maximum absolute atomic E-state index is 9.84. The van der Waals surface area contributed by atoms with Gasteiger partial charge in [-0.15, -0.1) is 19.0 Å². The predicted octanol–water partition coefficient (Wildman–Crippen LogP) is 0.396. The van der Waals surface area contributed by atoms with Gasteiger partial charge in [-0.3, -0.25) is 4.79 Å². The van der Waals surface area contributed by atoms with Crippen molar-refractivity contribution in [3.8, 4) is 0 Å². The van der Waals surface area contributed by atoms with E-state index in [0.29, 0.717) is 0 Å². The van der Waals surface area contributed by atoms with Crippen molar-refractivity contribution in [1.82, 2.24) is 0 Å². The number of carbonyl (C=O) groups is 1. The Kier molecular flexibility index (Phi) is 7.01. The molecule has 1 atom stereocenters. The number of hydrogen-bond acceptors (Lipinski definition) is 2. The van der Waals surface area contributed by atoms with E-state index in [4.69, 9.17) is 10.8 Å². The van der Waals surface area contributed by atoms with Crippen LogP contribution in [-0.2, 0) is 4.79 Å². The van der Waals surface area contributed by atoms with E-state index in [1.807, 2.05) is 0 Å². The van der Waals surface area contributed by atoms with Gasteiger partial charge in [0.2, 0.25) is 0 Å². The van der Waals surface area contributed by atoms with Crippen LogP contribution in [0.5, 0.6) is 0 Å².